The molecule has 108 valence electrons. The largest absolute Gasteiger partial charge is 0.490 e. The molecular weight excluding hydrogens is 309 g/mol. The molecule has 0 spiro atoms. The Balaban J connectivity index is 1.78. The smallest absolute Gasteiger partial charge is 0.138 e. The molecule has 0 aliphatic rings. The van der Waals surface area contributed by atoms with Crippen LogP contribution in [0.15, 0.2) is 42.5 Å². The van der Waals surface area contributed by atoms with Crippen molar-refractivity contribution in [3.8, 4) is 17.6 Å². The Labute approximate surface area is 133 Å². The maximum Gasteiger partial charge on any atom is 0.138 e. The molecule has 2 rings (SSSR count). The Kier molecular flexibility index (Phi) is 5.74. The lowest BCUT2D eigenvalue weighted by Crippen LogP contribution is -2.09. The van der Waals surface area contributed by atoms with Crippen LogP contribution < -0.4 is 9.47 Å². The van der Waals surface area contributed by atoms with Gasteiger partial charge in [0, 0.05) is 5.02 Å². The number of hydrogen-bond acceptors (Lipinski definition) is 3. The van der Waals surface area contributed by atoms with Gasteiger partial charge in [0.15, 0.2) is 0 Å². The summed E-state index contributed by atoms with van der Waals surface area (Å²) in [5.74, 6) is 1.32. The van der Waals surface area contributed by atoms with E-state index in [1.54, 1.807) is 18.2 Å². The summed E-state index contributed by atoms with van der Waals surface area (Å²) in [6.45, 7) is 0.776. The molecule has 0 radical (unpaired) electrons. The molecule has 0 aliphatic carbocycles. The van der Waals surface area contributed by atoms with Gasteiger partial charge in [-0.15, -0.1) is 0 Å². The van der Waals surface area contributed by atoms with E-state index in [2.05, 4.69) is 6.07 Å². The molecule has 0 unspecified atom stereocenters. The lowest BCUT2D eigenvalue weighted by molar-refractivity contribution is 0.217. The van der Waals surface area contributed by atoms with Crippen LogP contribution in [0.1, 0.15) is 5.56 Å². The van der Waals surface area contributed by atoms with E-state index in [0.29, 0.717) is 35.4 Å². The van der Waals surface area contributed by atoms with Gasteiger partial charge in [0.2, 0.25) is 0 Å². The van der Waals surface area contributed by atoms with Crippen molar-refractivity contribution in [3.05, 3.63) is 58.1 Å². The predicted molar refractivity (Wildman–Crippen MR) is 83.2 cm³/mol. The lowest BCUT2D eigenvalue weighted by atomic mass is 10.2. The first-order valence-corrected chi connectivity index (χ1v) is 7.11. The van der Waals surface area contributed by atoms with Crippen LogP contribution in [-0.4, -0.2) is 13.2 Å². The van der Waals surface area contributed by atoms with Gasteiger partial charge in [-0.3, -0.25) is 0 Å². The molecule has 0 atom stereocenters. The van der Waals surface area contributed by atoms with Gasteiger partial charge in [-0.2, -0.15) is 5.26 Å². The van der Waals surface area contributed by atoms with E-state index in [4.69, 9.17) is 37.9 Å². The zero-order chi connectivity index (χ0) is 15.1. The highest BCUT2D eigenvalue weighted by atomic mass is 35.5. The van der Waals surface area contributed by atoms with Gasteiger partial charge >= 0.3 is 0 Å². The van der Waals surface area contributed by atoms with Crippen LogP contribution in [0.25, 0.3) is 0 Å². The SMILES string of the molecule is N#CCc1ccc(OCCOc2ccc(Cl)cc2Cl)cc1. The highest BCUT2D eigenvalue weighted by molar-refractivity contribution is 6.35. The van der Waals surface area contributed by atoms with Crippen LogP contribution in [0.4, 0.5) is 0 Å². The van der Waals surface area contributed by atoms with Crippen LogP contribution in [0, 0.1) is 11.3 Å². The highest BCUT2D eigenvalue weighted by Crippen LogP contribution is 2.27. The van der Waals surface area contributed by atoms with Gasteiger partial charge in [0.25, 0.3) is 0 Å². The number of benzene rings is 2. The summed E-state index contributed by atoms with van der Waals surface area (Å²) in [5.41, 5.74) is 0.967. The van der Waals surface area contributed by atoms with E-state index in [0.717, 1.165) is 11.3 Å². The maximum absolute atomic E-state index is 8.59. The Morgan fingerprint density at radius 3 is 2.33 bits per heavy atom. The van der Waals surface area contributed by atoms with Crippen LogP contribution in [0.3, 0.4) is 0 Å². The average molecular weight is 322 g/mol. The maximum atomic E-state index is 8.59. The van der Waals surface area contributed by atoms with Gasteiger partial charge in [-0.05, 0) is 35.9 Å². The topological polar surface area (TPSA) is 42.2 Å². The number of ether oxygens (including phenoxy) is 2. The third kappa shape index (κ3) is 4.86. The molecule has 3 nitrogen and oxygen atoms in total. The second-order valence-corrected chi connectivity index (χ2v) is 5.09. The van der Waals surface area contributed by atoms with Crippen molar-refractivity contribution in [2.75, 3.05) is 13.2 Å². The first-order valence-electron chi connectivity index (χ1n) is 6.35. The van der Waals surface area contributed by atoms with Crippen LogP contribution in [-0.2, 0) is 6.42 Å². The molecule has 2 aromatic carbocycles. The van der Waals surface area contributed by atoms with Gasteiger partial charge in [-0.1, -0.05) is 35.3 Å². The minimum Gasteiger partial charge on any atom is -0.490 e. The average Bonchev–Trinajstić information content (AvgIpc) is 2.47. The van der Waals surface area contributed by atoms with Crippen molar-refractivity contribution < 1.29 is 9.47 Å². The van der Waals surface area contributed by atoms with Crippen molar-refractivity contribution in [2.24, 2.45) is 0 Å². The molecule has 0 aliphatic heterocycles. The summed E-state index contributed by atoms with van der Waals surface area (Å²) in [7, 11) is 0. The minimum atomic E-state index is 0.376. The lowest BCUT2D eigenvalue weighted by Gasteiger charge is -2.10. The molecule has 0 N–H and O–H groups in total. The van der Waals surface area contributed by atoms with Gasteiger partial charge in [0.05, 0.1) is 17.5 Å². The van der Waals surface area contributed by atoms with Gasteiger partial charge in [-0.25, -0.2) is 0 Å². The molecule has 2 aromatic rings. The second kappa shape index (κ2) is 7.78. The van der Waals surface area contributed by atoms with E-state index < -0.39 is 0 Å². The van der Waals surface area contributed by atoms with E-state index in [1.165, 1.54) is 0 Å². The molecule has 21 heavy (non-hydrogen) atoms. The fourth-order valence-corrected chi connectivity index (χ4v) is 2.16. The number of nitriles is 1. The molecule has 0 saturated carbocycles. The normalized spacial score (nSPS) is 9.95. The summed E-state index contributed by atoms with van der Waals surface area (Å²) in [4.78, 5) is 0. The third-order valence-electron chi connectivity index (χ3n) is 2.71. The third-order valence-corrected chi connectivity index (χ3v) is 3.24. The quantitative estimate of drug-likeness (QED) is 0.735. The summed E-state index contributed by atoms with van der Waals surface area (Å²) in [5, 5.41) is 9.64. The van der Waals surface area contributed by atoms with E-state index in [9.17, 15) is 0 Å². The summed E-state index contributed by atoms with van der Waals surface area (Å²) in [6, 6.07) is 14.6. The zero-order valence-electron chi connectivity index (χ0n) is 11.2. The fraction of sp³-hybridized carbons (Fsp3) is 0.188. The van der Waals surface area contributed by atoms with Crippen molar-refractivity contribution in [1.29, 1.82) is 5.26 Å². The number of halogens is 2. The molecule has 5 heteroatoms. The minimum absolute atomic E-state index is 0.376. The highest BCUT2D eigenvalue weighted by Gasteiger charge is 2.02. The number of hydrogen-bond donors (Lipinski definition) is 0. The zero-order valence-corrected chi connectivity index (χ0v) is 12.7. The molecule has 0 heterocycles. The van der Waals surface area contributed by atoms with Crippen LogP contribution in [0.5, 0.6) is 11.5 Å². The molecule has 0 bridgehead atoms. The summed E-state index contributed by atoms with van der Waals surface area (Å²) < 4.78 is 11.1. The molecule has 0 aromatic heterocycles. The van der Waals surface area contributed by atoms with Gasteiger partial charge < -0.3 is 9.47 Å². The number of rotatable bonds is 6. The Morgan fingerprint density at radius 2 is 1.67 bits per heavy atom. The first kappa shape index (κ1) is 15.5. The summed E-state index contributed by atoms with van der Waals surface area (Å²) >= 11 is 11.8. The molecule has 0 amide bonds. The van der Waals surface area contributed by atoms with Crippen molar-refractivity contribution in [2.45, 2.75) is 6.42 Å². The Morgan fingerprint density at radius 1 is 0.952 bits per heavy atom. The van der Waals surface area contributed by atoms with E-state index >= 15 is 0 Å². The number of nitrogens with zero attached hydrogens (tertiary/aromatic N) is 1. The second-order valence-electron chi connectivity index (χ2n) is 4.25. The first-order chi connectivity index (χ1) is 10.2. The van der Waals surface area contributed by atoms with E-state index in [-0.39, 0.29) is 0 Å². The Bertz CT molecular complexity index is 636. The molecular formula is C16H13Cl2NO2. The standard InChI is InChI=1S/C16H13Cl2NO2/c17-13-3-6-16(15(18)11-13)21-10-9-20-14-4-1-12(2-5-14)7-8-19/h1-6,11H,7,9-10H2. The van der Waals surface area contributed by atoms with Crippen LogP contribution >= 0.6 is 23.2 Å². The van der Waals surface area contributed by atoms with Gasteiger partial charge in [0.1, 0.15) is 24.7 Å². The Hall–Kier alpha value is -1.89. The van der Waals surface area contributed by atoms with Crippen molar-refractivity contribution >= 4 is 23.2 Å². The molecule has 0 saturated heterocycles. The van der Waals surface area contributed by atoms with Crippen molar-refractivity contribution in [3.63, 3.8) is 0 Å². The van der Waals surface area contributed by atoms with Crippen LogP contribution in [0.2, 0.25) is 10.0 Å². The van der Waals surface area contributed by atoms with E-state index in [1.807, 2.05) is 24.3 Å². The summed E-state index contributed by atoms with van der Waals surface area (Å²) in [6.07, 6.45) is 0.401. The fourth-order valence-electron chi connectivity index (χ4n) is 1.70. The monoisotopic (exact) mass is 321 g/mol. The molecule has 0 fully saturated rings. The predicted octanol–water partition coefficient (Wildman–Crippen LogP) is 4.52. The van der Waals surface area contributed by atoms with Crippen molar-refractivity contribution in [1.82, 2.24) is 0 Å².